The summed E-state index contributed by atoms with van der Waals surface area (Å²) in [6.45, 7) is 0. The lowest BCUT2D eigenvalue weighted by molar-refractivity contribution is -0.384. The third kappa shape index (κ3) is 5.86. The number of thioether (sulfide) groups is 1. The zero-order valence-electron chi connectivity index (χ0n) is 16.8. The van der Waals surface area contributed by atoms with Gasteiger partial charge in [0, 0.05) is 17.4 Å². The molecule has 1 amide bonds. The molecule has 11 heteroatoms. The van der Waals surface area contributed by atoms with Crippen LogP contribution in [-0.4, -0.2) is 21.0 Å². The molecule has 0 bridgehead atoms. The Morgan fingerprint density at radius 1 is 1.00 bits per heavy atom. The van der Waals surface area contributed by atoms with Crippen molar-refractivity contribution >= 4 is 62.8 Å². The fraction of sp³-hybridized carbons (Fsp3) is 0.0455. The van der Waals surface area contributed by atoms with E-state index >= 15 is 0 Å². The average molecular weight is 498 g/mol. The van der Waals surface area contributed by atoms with Gasteiger partial charge in [-0.05, 0) is 29.8 Å². The molecule has 0 saturated heterocycles. The minimum Gasteiger partial charge on any atom is -0.330 e. The van der Waals surface area contributed by atoms with E-state index < -0.39 is 10.2 Å². The predicted octanol–water partition coefficient (Wildman–Crippen LogP) is 6.32. The van der Waals surface area contributed by atoms with Gasteiger partial charge in [-0.3, -0.25) is 14.9 Å². The Balaban J connectivity index is 1.54. The molecule has 1 aromatic heterocycles. The maximum atomic E-state index is 13.2. The Kier molecular flexibility index (Phi) is 7.18. The van der Waals surface area contributed by atoms with Crippen LogP contribution in [-0.2, 0) is 4.79 Å². The number of amides is 1. The van der Waals surface area contributed by atoms with Gasteiger partial charge in [0.2, 0.25) is 11.0 Å². The highest BCUT2D eigenvalue weighted by molar-refractivity contribution is 8.02. The second-order valence-corrected chi connectivity index (χ2v) is 9.42. The number of halogens is 1. The summed E-state index contributed by atoms with van der Waals surface area (Å²) in [6.07, 6.45) is 0. The van der Waals surface area contributed by atoms with Crippen LogP contribution in [0.5, 0.6) is 0 Å². The van der Waals surface area contributed by atoms with Gasteiger partial charge in [0.1, 0.15) is 10.3 Å². The fourth-order valence-electron chi connectivity index (χ4n) is 2.89. The summed E-state index contributed by atoms with van der Waals surface area (Å²) in [5, 5.41) is 25.4. The van der Waals surface area contributed by atoms with Gasteiger partial charge in [-0.15, -0.1) is 10.2 Å². The molecule has 0 radical (unpaired) electrons. The van der Waals surface area contributed by atoms with Crippen LogP contribution < -0.4 is 10.6 Å². The van der Waals surface area contributed by atoms with Crippen molar-refractivity contribution in [3.63, 3.8) is 0 Å². The van der Waals surface area contributed by atoms with Gasteiger partial charge in [0.25, 0.3) is 5.69 Å². The first-order valence-corrected chi connectivity index (χ1v) is 11.7. The number of hydrogen-bond acceptors (Lipinski definition) is 8. The molecule has 0 fully saturated rings. The van der Waals surface area contributed by atoms with Crippen LogP contribution in [0.15, 0.2) is 83.2 Å². The fourth-order valence-corrected chi connectivity index (χ4v) is 5.04. The smallest absolute Gasteiger partial charge is 0.289 e. The lowest BCUT2D eigenvalue weighted by Gasteiger charge is -2.15. The van der Waals surface area contributed by atoms with Crippen LogP contribution in [0.4, 0.5) is 22.2 Å². The third-order valence-corrected chi connectivity index (χ3v) is 6.90. The standard InChI is InChI=1S/C22H16ClN5O3S2/c23-17-12-11-16(13-18(17)28(30)31)24-20(29)19(14-7-3-1-4-8-14)32-22-27-26-21(33-22)25-15-9-5-2-6-10-15/h1-13,19H,(H,24,29)(H,25,26)/t19-/m1/s1. The number of anilines is 3. The molecule has 3 aromatic carbocycles. The van der Waals surface area contributed by atoms with E-state index in [2.05, 4.69) is 20.8 Å². The average Bonchev–Trinajstić information content (AvgIpc) is 3.26. The van der Waals surface area contributed by atoms with E-state index in [0.717, 1.165) is 11.3 Å². The molecule has 4 rings (SSSR count). The van der Waals surface area contributed by atoms with E-state index in [4.69, 9.17) is 11.6 Å². The number of benzene rings is 3. The predicted molar refractivity (Wildman–Crippen MR) is 131 cm³/mol. The number of carbonyl (C=O) groups is 1. The van der Waals surface area contributed by atoms with Crippen molar-refractivity contribution in [2.24, 2.45) is 0 Å². The summed E-state index contributed by atoms with van der Waals surface area (Å²) in [5.41, 5.74) is 1.64. The largest absolute Gasteiger partial charge is 0.330 e. The van der Waals surface area contributed by atoms with Gasteiger partial charge in [0.05, 0.1) is 4.92 Å². The summed E-state index contributed by atoms with van der Waals surface area (Å²) in [5.74, 6) is -0.351. The van der Waals surface area contributed by atoms with Crippen LogP contribution >= 0.6 is 34.7 Å². The van der Waals surface area contributed by atoms with Crippen LogP contribution in [0.1, 0.15) is 10.8 Å². The Morgan fingerprint density at radius 2 is 1.70 bits per heavy atom. The highest BCUT2D eigenvalue weighted by atomic mass is 35.5. The molecule has 0 aliphatic rings. The maximum Gasteiger partial charge on any atom is 0.289 e. The zero-order valence-corrected chi connectivity index (χ0v) is 19.2. The third-order valence-electron chi connectivity index (χ3n) is 4.40. The molecule has 0 saturated carbocycles. The van der Waals surface area contributed by atoms with E-state index in [1.54, 1.807) is 0 Å². The number of hydrogen-bond donors (Lipinski definition) is 2. The molecule has 2 N–H and O–H groups in total. The second-order valence-electron chi connectivity index (χ2n) is 6.69. The molecule has 8 nitrogen and oxygen atoms in total. The van der Waals surface area contributed by atoms with Crippen molar-refractivity contribution in [3.05, 3.63) is 99.6 Å². The first-order valence-electron chi connectivity index (χ1n) is 9.61. The minimum absolute atomic E-state index is 0.000659. The topological polar surface area (TPSA) is 110 Å². The zero-order chi connectivity index (χ0) is 23.2. The molecule has 0 unspecified atom stereocenters. The molecule has 0 aliphatic carbocycles. The maximum absolute atomic E-state index is 13.2. The van der Waals surface area contributed by atoms with E-state index in [0.29, 0.717) is 9.47 Å². The lowest BCUT2D eigenvalue weighted by Crippen LogP contribution is -2.19. The van der Waals surface area contributed by atoms with Crippen molar-refractivity contribution < 1.29 is 9.72 Å². The van der Waals surface area contributed by atoms with Crippen molar-refractivity contribution in [3.8, 4) is 0 Å². The Labute approximate surface area is 202 Å². The molecular formula is C22H16ClN5O3S2. The summed E-state index contributed by atoms with van der Waals surface area (Å²) in [4.78, 5) is 23.8. The van der Waals surface area contributed by atoms with Crippen LogP contribution in [0, 0.1) is 10.1 Å². The number of carbonyl (C=O) groups excluding carboxylic acids is 1. The van der Waals surface area contributed by atoms with E-state index in [1.165, 1.54) is 41.3 Å². The molecule has 0 aliphatic heterocycles. The first kappa shape index (κ1) is 22.7. The van der Waals surface area contributed by atoms with Crippen molar-refractivity contribution in [1.29, 1.82) is 0 Å². The van der Waals surface area contributed by atoms with Gasteiger partial charge in [0.15, 0.2) is 4.34 Å². The molecule has 166 valence electrons. The number of nitrogens with one attached hydrogen (secondary N) is 2. The van der Waals surface area contributed by atoms with Gasteiger partial charge in [-0.1, -0.05) is 83.2 Å². The summed E-state index contributed by atoms with van der Waals surface area (Å²) < 4.78 is 0.597. The number of nitrogens with zero attached hydrogens (tertiary/aromatic N) is 3. The molecule has 4 aromatic rings. The van der Waals surface area contributed by atoms with E-state index in [9.17, 15) is 14.9 Å². The Morgan fingerprint density at radius 3 is 2.39 bits per heavy atom. The highest BCUT2D eigenvalue weighted by Gasteiger charge is 2.25. The van der Waals surface area contributed by atoms with Crippen molar-refractivity contribution in [1.82, 2.24) is 10.2 Å². The van der Waals surface area contributed by atoms with Crippen LogP contribution in [0.2, 0.25) is 5.02 Å². The second kappa shape index (κ2) is 10.4. The lowest BCUT2D eigenvalue weighted by atomic mass is 10.1. The summed E-state index contributed by atoms with van der Waals surface area (Å²) in [7, 11) is 0. The molecular weight excluding hydrogens is 482 g/mol. The molecule has 0 spiro atoms. The molecule has 33 heavy (non-hydrogen) atoms. The van der Waals surface area contributed by atoms with Crippen molar-refractivity contribution in [2.45, 2.75) is 9.59 Å². The van der Waals surface area contributed by atoms with Gasteiger partial charge >= 0.3 is 0 Å². The van der Waals surface area contributed by atoms with Crippen LogP contribution in [0.25, 0.3) is 0 Å². The van der Waals surface area contributed by atoms with Gasteiger partial charge < -0.3 is 10.6 Å². The number of aromatic nitrogens is 2. The monoisotopic (exact) mass is 497 g/mol. The Hall–Kier alpha value is -3.47. The quantitative estimate of drug-likeness (QED) is 0.166. The first-order chi connectivity index (χ1) is 16.0. The van der Waals surface area contributed by atoms with Crippen molar-refractivity contribution in [2.75, 3.05) is 10.6 Å². The normalized spacial score (nSPS) is 11.5. The van der Waals surface area contributed by atoms with E-state index in [1.807, 2.05) is 60.7 Å². The van der Waals surface area contributed by atoms with Gasteiger partial charge in [-0.2, -0.15) is 0 Å². The highest BCUT2D eigenvalue weighted by Crippen LogP contribution is 2.39. The number of rotatable bonds is 8. The van der Waals surface area contributed by atoms with Crippen LogP contribution in [0.3, 0.4) is 0 Å². The Bertz CT molecular complexity index is 1270. The molecule has 1 heterocycles. The number of nitro groups is 1. The SMILES string of the molecule is O=C(Nc1ccc(Cl)c([N+](=O)[O-])c1)[C@H](Sc1nnc(Nc2ccccc2)s1)c1ccccc1. The van der Waals surface area contributed by atoms with Gasteiger partial charge in [-0.25, -0.2) is 0 Å². The van der Waals surface area contributed by atoms with E-state index in [-0.39, 0.29) is 22.3 Å². The molecule has 1 atom stereocenters. The summed E-state index contributed by atoms with van der Waals surface area (Å²) in [6, 6.07) is 22.9. The minimum atomic E-state index is -0.654. The summed E-state index contributed by atoms with van der Waals surface area (Å²) >= 11 is 8.45. The number of para-hydroxylation sites is 1. The number of nitro benzene ring substituents is 1.